The fourth-order valence-corrected chi connectivity index (χ4v) is 0.503. The van der Waals surface area contributed by atoms with Crippen LogP contribution in [-0.2, 0) is 32.7 Å². The molecule has 0 saturated heterocycles. The van der Waals surface area contributed by atoms with E-state index in [2.05, 4.69) is 6.07 Å². The van der Waals surface area contributed by atoms with E-state index < -0.39 is 5.82 Å². The molecule has 0 aliphatic carbocycles. The van der Waals surface area contributed by atoms with Gasteiger partial charge in [0.1, 0.15) is 0 Å². The summed E-state index contributed by atoms with van der Waals surface area (Å²) in [5, 5.41) is 8.21. The Morgan fingerprint density at radius 2 is 2.30 bits per heavy atom. The minimum atomic E-state index is -0.583. The Hall–Kier alpha value is -0.256. The van der Waals surface area contributed by atoms with Gasteiger partial charge in [0.15, 0.2) is 0 Å². The summed E-state index contributed by atoms with van der Waals surface area (Å²) >= 11 is 0. The number of nitrogens with zero attached hydrogens (tertiary/aromatic N) is 1. The van der Waals surface area contributed by atoms with Gasteiger partial charge in [-0.15, -0.1) is 6.07 Å². The summed E-state index contributed by atoms with van der Waals surface area (Å²) in [6, 6.07) is 8.36. The third kappa shape index (κ3) is 2.17. The summed E-state index contributed by atoms with van der Waals surface area (Å²) in [6.07, 6.45) is 0. The first-order chi connectivity index (χ1) is 4.34. The third-order valence-electron chi connectivity index (χ3n) is 0.926. The molecule has 0 spiro atoms. The molecule has 0 bridgehead atoms. The monoisotopic (exact) mass is 209 g/mol. The van der Waals surface area contributed by atoms with Crippen molar-refractivity contribution in [2.45, 2.75) is 0 Å². The van der Waals surface area contributed by atoms with Gasteiger partial charge in [-0.3, -0.25) is 0 Å². The Kier molecular flexibility index (Phi) is 4.43. The van der Waals surface area contributed by atoms with E-state index in [1.165, 1.54) is 12.1 Å². The quantitative estimate of drug-likeness (QED) is 0.594. The van der Waals surface area contributed by atoms with Crippen molar-refractivity contribution in [2.75, 3.05) is 0 Å². The van der Waals surface area contributed by atoms with Crippen molar-refractivity contribution in [2.24, 2.45) is 0 Å². The first kappa shape index (κ1) is 9.74. The number of hydrogen-bond acceptors (Lipinski definition) is 1. The number of nitriles is 1. The Morgan fingerprint density at radius 3 is 2.70 bits per heavy atom. The SMILES string of the molecule is N#Cc1ccc[c-]c1F.[Y]. The molecule has 0 saturated carbocycles. The smallest absolute Gasteiger partial charge is 0.0336 e. The molecule has 47 valence electrons. The van der Waals surface area contributed by atoms with Crippen LogP contribution in [0.2, 0.25) is 0 Å². The molecule has 0 amide bonds. The molecule has 0 atom stereocenters. The van der Waals surface area contributed by atoms with Crippen LogP contribution in [0.3, 0.4) is 0 Å². The van der Waals surface area contributed by atoms with E-state index in [0.29, 0.717) is 0 Å². The van der Waals surface area contributed by atoms with Crippen molar-refractivity contribution in [1.82, 2.24) is 0 Å². The Balaban J connectivity index is 0.000000810. The Morgan fingerprint density at radius 1 is 1.60 bits per heavy atom. The second-order valence-electron chi connectivity index (χ2n) is 1.51. The zero-order valence-corrected chi connectivity index (χ0v) is 7.97. The van der Waals surface area contributed by atoms with Crippen LogP contribution in [0.5, 0.6) is 0 Å². The zero-order chi connectivity index (χ0) is 6.69. The third-order valence-corrected chi connectivity index (χ3v) is 0.926. The van der Waals surface area contributed by atoms with Crippen LogP contribution in [0, 0.1) is 23.2 Å². The van der Waals surface area contributed by atoms with Crippen LogP contribution < -0.4 is 0 Å². The number of rotatable bonds is 0. The van der Waals surface area contributed by atoms with E-state index in [1.54, 1.807) is 12.1 Å². The van der Waals surface area contributed by atoms with Crippen LogP contribution in [0.1, 0.15) is 5.56 Å². The average Bonchev–Trinajstić information content (AvgIpc) is 1.89. The molecule has 0 aliphatic heterocycles. The normalized spacial score (nSPS) is 7.60. The van der Waals surface area contributed by atoms with Crippen LogP contribution >= 0.6 is 0 Å². The molecule has 1 aromatic rings. The van der Waals surface area contributed by atoms with Crippen molar-refractivity contribution < 1.29 is 37.1 Å². The van der Waals surface area contributed by atoms with Crippen molar-refractivity contribution in [1.29, 1.82) is 5.26 Å². The molecule has 1 rings (SSSR count). The van der Waals surface area contributed by atoms with Gasteiger partial charge in [-0.25, -0.2) is 9.65 Å². The maximum atomic E-state index is 12.3. The van der Waals surface area contributed by atoms with E-state index in [1.807, 2.05) is 0 Å². The maximum Gasteiger partial charge on any atom is 0.0336 e. The molecular weight excluding hydrogens is 206 g/mol. The summed E-state index contributed by atoms with van der Waals surface area (Å²) in [5.74, 6) is -0.583. The zero-order valence-electron chi connectivity index (χ0n) is 5.13. The molecule has 10 heavy (non-hydrogen) atoms. The van der Waals surface area contributed by atoms with E-state index in [-0.39, 0.29) is 38.3 Å². The van der Waals surface area contributed by atoms with Gasteiger partial charge in [0.05, 0.1) is 0 Å². The van der Waals surface area contributed by atoms with Crippen molar-refractivity contribution >= 4 is 0 Å². The van der Waals surface area contributed by atoms with Crippen molar-refractivity contribution in [3.63, 3.8) is 0 Å². The number of hydrogen-bond donors (Lipinski definition) is 0. The fraction of sp³-hybridized carbons (Fsp3) is 0. The Labute approximate surface area is 83.7 Å². The summed E-state index contributed by atoms with van der Waals surface area (Å²) < 4.78 is 12.3. The maximum absolute atomic E-state index is 12.3. The van der Waals surface area contributed by atoms with E-state index >= 15 is 0 Å². The molecule has 0 N–H and O–H groups in total. The minimum Gasteiger partial charge on any atom is -0.235 e. The van der Waals surface area contributed by atoms with Gasteiger partial charge in [-0.2, -0.15) is 18.2 Å². The predicted molar refractivity (Wildman–Crippen MR) is 30.0 cm³/mol. The standard InChI is InChI=1S/C7H3FN.Y/c8-7-4-2-1-3-6(7)5-9;/h1-3H;/q-1;. The molecule has 0 fully saturated rings. The van der Waals surface area contributed by atoms with Crippen LogP contribution in [0.4, 0.5) is 4.39 Å². The fourth-order valence-electron chi connectivity index (χ4n) is 0.503. The largest absolute Gasteiger partial charge is 0.235 e. The van der Waals surface area contributed by atoms with Crippen LogP contribution in [0.15, 0.2) is 18.2 Å². The Bertz CT molecular complexity index is 254. The van der Waals surface area contributed by atoms with Crippen molar-refractivity contribution in [3.05, 3.63) is 35.6 Å². The number of benzene rings is 1. The molecule has 1 radical (unpaired) electrons. The van der Waals surface area contributed by atoms with Gasteiger partial charge in [0.2, 0.25) is 0 Å². The van der Waals surface area contributed by atoms with Gasteiger partial charge in [-0.05, 0) is 5.56 Å². The van der Waals surface area contributed by atoms with Gasteiger partial charge >= 0.3 is 0 Å². The van der Waals surface area contributed by atoms with Crippen LogP contribution in [0.25, 0.3) is 0 Å². The second kappa shape index (κ2) is 4.54. The van der Waals surface area contributed by atoms with E-state index in [9.17, 15) is 4.39 Å². The summed E-state index contributed by atoms with van der Waals surface area (Å²) in [7, 11) is 0. The van der Waals surface area contributed by atoms with Crippen LogP contribution in [-0.4, -0.2) is 0 Å². The predicted octanol–water partition coefficient (Wildman–Crippen LogP) is 1.50. The first-order valence-electron chi connectivity index (χ1n) is 2.41. The van der Waals surface area contributed by atoms with E-state index in [0.717, 1.165) is 0 Å². The first-order valence-corrected chi connectivity index (χ1v) is 2.41. The second-order valence-corrected chi connectivity index (χ2v) is 1.51. The molecule has 3 heteroatoms. The van der Waals surface area contributed by atoms with Gasteiger partial charge in [0, 0.05) is 44.6 Å². The molecule has 0 unspecified atom stereocenters. The summed E-state index contributed by atoms with van der Waals surface area (Å²) in [5.41, 5.74) is 0.0394. The molecule has 0 aromatic heterocycles. The van der Waals surface area contributed by atoms with Gasteiger partial charge < -0.3 is 0 Å². The topological polar surface area (TPSA) is 23.8 Å². The van der Waals surface area contributed by atoms with E-state index in [4.69, 9.17) is 5.26 Å². The minimum absolute atomic E-state index is 0. The molecule has 1 aromatic carbocycles. The molecule has 0 heterocycles. The number of halogens is 1. The van der Waals surface area contributed by atoms with Gasteiger partial charge in [-0.1, -0.05) is 0 Å². The molecule has 0 aliphatic rings. The average molecular weight is 209 g/mol. The summed E-state index contributed by atoms with van der Waals surface area (Å²) in [6.45, 7) is 0. The molecular formula is C7H3FNY-. The molecule has 1 nitrogen and oxygen atoms in total. The van der Waals surface area contributed by atoms with Crippen molar-refractivity contribution in [3.8, 4) is 6.07 Å². The van der Waals surface area contributed by atoms with Gasteiger partial charge in [0.25, 0.3) is 0 Å². The summed E-state index contributed by atoms with van der Waals surface area (Å²) in [4.78, 5) is 0.